The molecule has 1 fully saturated rings. The van der Waals surface area contributed by atoms with E-state index in [0.29, 0.717) is 13.0 Å². The second kappa shape index (κ2) is 8.60. The number of hydrazine groups is 1. The molecule has 136 valence electrons. The number of nitrogens with zero attached hydrogens (tertiary/aromatic N) is 1. The number of benzene rings is 2. The summed E-state index contributed by atoms with van der Waals surface area (Å²) in [5, 5.41) is 4.04. The molecule has 1 aliphatic heterocycles. The number of nitrogens with one attached hydrogen (secondary N) is 3. The zero-order chi connectivity index (χ0) is 18.4. The van der Waals surface area contributed by atoms with Crippen LogP contribution in [0, 0.1) is 6.92 Å². The SMILES string of the molecule is CCOc1ccccc1C1CC(C(=O)N/N=C/c2ccc(C)cc2)NN1. The van der Waals surface area contributed by atoms with Crippen molar-refractivity contribution in [3.8, 4) is 5.75 Å². The molecule has 26 heavy (non-hydrogen) atoms. The summed E-state index contributed by atoms with van der Waals surface area (Å²) in [5.74, 6) is 0.671. The van der Waals surface area contributed by atoms with Crippen LogP contribution in [0.3, 0.4) is 0 Å². The summed E-state index contributed by atoms with van der Waals surface area (Å²) in [4.78, 5) is 12.3. The fraction of sp³-hybridized carbons (Fsp3) is 0.300. The number of hydrogen-bond donors (Lipinski definition) is 3. The summed E-state index contributed by atoms with van der Waals surface area (Å²) in [6.07, 6.45) is 2.26. The van der Waals surface area contributed by atoms with Crippen molar-refractivity contribution < 1.29 is 9.53 Å². The second-order valence-corrected chi connectivity index (χ2v) is 6.25. The molecule has 1 saturated heterocycles. The van der Waals surface area contributed by atoms with Gasteiger partial charge in [-0.15, -0.1) is 0 Å². The van der Waals surface area contributed by atoms with E-state index in [4.69, 9.17) is 4.74 Å². The Labute approximate surface area is 153 Å². The Balaban J connectivity index is 1.56. The zero-order valence-electron chi connectivity index (χ0n) is 15.0. The van der Waals surface area contributed by atoms with Crippen LogP contribution in [0.2, 0.25) is 0 Å². The van der Waals surface area contributed by atoms with Gasteiger partial charge in [-0.25, -0.2) is 16.3 Å². The summed E-state index contributed by atoms with van der Waals surface area (Å²) in [7, 11) is 0. The van der Waals surface area contributed by atoms with E-state index < -0.39 is 0 Å². The standard InChI is InChI=1S/C20H24N4O2/c1-3-26-19-7-5-4-6-16(19)17-12-18(23-22-17)20(25)24-21-13-15-10-8-14(2)9-11-15/h4-11,13,17-18,22-23H,3,12H2,1-2H3,(H,24,25)/b21-13+. The Morgan fingerprint density at radius 3 is 2.77 bits per heavy atom. The maximum Gasteiger partial charge on any atom is 0.258 e. The maximum absolute atomic E-state index is 12.3. The Hall–Kier alpha value is -2.70. The number of aryl methyl sites for hydroxylation is 1. The van der Waals surface area contributed by atoms with Crippen LogP contribution in [0.4, 0.5) is 0 Å². The van der Waals surface area contributed by atoms with Crippen molar-refractivity contribution in [2.75, 3.05) is 6.61 Å². The molecular weight excluding hydrogens is 328 g/mol. The van der Waals surface area contributed by atoms with Crippen LogP contribution in [0.15, 0.2) is 53.6 Å². The molecular formula is C20H24N4O2. The molecule has 2 aromatic carbocycles. The van der Waals surface area contributed by atoms with Crippen molar-refractivity contribution >= 4 is 12.1 Å². The van der Waals surface area contributed by atoms with E-state index in [9.17, 15) is 4.79 Å². The van der Waals surface area contributed by atoms with Gasteiger partial charge < -0.3 is 4.74 Å². The summed E-state index contributed by atoms with van der Waals surface area (Å²) in [5.41, 5.74) is 12.0. The van der Waals surface area contributed by atoms with Crippen molar-refractivity contribution in [3.63, 3.8) is 0 Å². The second-order valence-electron chi connectivity index (χ2n) is 6.25. The number of ether oxygens (including phenoxy) is 1. The summed E-state index contributed by atoms with van der Waals surface area (Å²) in [6.45, 7) is 4.59. The van der Waals surface area contributed by atoms with Gasteiger partial charge in [-0.2, -0.15) is 5.10 Å². The first kappa shape index (κ1) is 18.1. The van der Waals surface area contributed by atoms with E-state index in [2.05, 4.69) is 21.4 Å². The molecule has 3 N–H and O–H groups in total. The minimum absolute atomic E-state index is 0.00887. The fourth-order valence-corrected chi connectivity index (χ4v) is 2.89. The molecule has 2 atom stereocenters. The monoisotopic (exact) mass is 352 g/mol. The van der Waals surface area contributed by atoms with Gasteiger partial charge in [-0.3, -0.25) is 4.79 Å². The normalized spacial score (nSPS) is 19.6. The van der Waals surface area contributed by atoms with Gasteiger partial charge in [0.1, 0.15) is 11.8 Å². The Morgan fingerprint density at radius 1 is 1.23 bits per heavy atom. The molecule has 0 aromatic heterocycles. The lowest BCUT2D eigenvalue weighted by molar-refractivity contribution is -0.122. The van der Waals surface area contributed by atoms with Gasteiger partial charge >= 0.3 is 0 Å². The molecule has 6 nitrogen and oxygen atoms in total. The first-order valence-corrected chi connectivity index (χ1v) is 8.79. The van der Waals surface area contributed by atoms with Gasteiger partial charge in [0.05, 0.1) is 18.9 Å². The predicted octanol–water partition coefficient (Wildman–Crippen LogP) is 2.45. The van der Waals surface area contributed by atoms with Gasteiger partial charge in [-0.05, 0) is 31.9 Å². The summed E-state index contributed by atoms with van der Waals surface area (Å²) >= 11 is 0. The maximum atomic E-state index is 12.3. The van der Waals surface area contributed by atoms with Crippen molar-refractivity contribution in [2.45, 2.75) is 32.4 Å². The Morgan fingerprint density at radius 2 is 2.00 bits per heavy atom. The number of carbonyl (C=O) groups is 1. The average molecular weight is 352 g/mol. The van der Waals surface area contributed by atoms with Gasteiger partial charge in [0, 0.05) is 5.56 Å². The third-order valence-electron chi connectivity index (χ3n) is 4.28. The molecule has 2 aromatic rings. The van der Waals surface area contributed by atoms with Crippen molar-refractivity contribution in [3.05, 3.63) is 65.2 Å². The van der Waals surface area contributed by atoms with Crippen LogP contribution < -0.4 is 21.0 Å². The van der Waals surface area contributed by atoms with E-state index in [-0.39, 0.29) is 18.0 Å². The van der Waals surface area contributed by atoms with E-state index in [1.54, 1.807) is 6.21 Å². The lowest BCUT2D eigenvalue weighted by Gasteiger charge is -2.15. The van der Waals surface area contributed by atoms with Crippen molar-refractivity contribution in [1.82, 2.24) is 16.3 Å². The van der Waals surface area contributed by atoms with E-state index >= 15 is 0 Å². The highest BCUT2D eigenvalue weighted by molar-refractivity contribution is 5.85. The summed E-state index contributed by atoms with van der Waals surface area (Å²) in [6, 6.07) is 15.5. The lowest BCUT2D eigenvalue weighted by atomic mass is 10.0. The highest BCUT2D eigenvalue weighted by Gasteiger charge is 2.31. The average Bonchev–Trinajstić information content (AvgIpc) is 3.14. The van der Waals surface area contributed by atoms with Crippen LogP contribution >= 0.6 is 0 Å². The first-order valence-electron chi connectivity index (χ1n) is 8.79. The van der Waals surface area contributed by atoms with E-state index in [1.807, 2.05) is 62.4 Å². The molecule has 0 aliphatic carbocycles. The van der Waals surface area contributed by atoms with E-state index in [0.717, 1.165) is 16.9 Å². The molecule has 0 saturated carbocycles. The molecule has 2 unspecified atom stereocenters. The van der Waals surface area contributed by atoms with E-state index in [1.165, 1.54) is 5.56 Å². The molecule has 0 radical (unpaired) electrons. The third-order valence-corrected chi connectivity index (χ3v) is 4.28. The number of para-hydroxylation sites is 1. The highest BCUT2D eigenvalue weighted by atomic mass is 16.5. The largest absolute Gasteiger partial charge is 0.494 e. The number of amides is 1. The quantitative estimate of drug-likeness (QED) is 0.551. The third kappa shape index (κ3) is 4.47. The number of carbonyl (C=O) groups excluding carboxylic acids is 1. The van der Waals surface area contributed by atoms with Crippen molar-refractivity contribution in [1.29, 1.82) is 0 Å². The smallest absolute Gasteiger partial charge is 0.258 e. The van der Waals surface area contributed by atoms with Crippen LogP contribution in [0.5, 0.6) is 5.75 Å². The lowest BCUT2D eigenvalue weighted by Crippen LogP contribution is -2.41. The van der Waals surface area contributed by atoms with Crippen LogP contribution in [0.25, 0.3) is 0 Å². The minimum Gasteiger partial charge on any atom is -0.494 e. The molecule has 0 bridgehead atoms. The number of hydrogen-bond acceptors (Lipinski definition) is 5. The predicted molar refractivity (Wildman–Crippen MR) is 102 cm³/mol. The van der Waals surface area contributed by atoms with Gasteiger partial charge in [0.2, 0.25) is 0 Å². The van der Waals surface area contributed by atoms with Gasteiger partial charge in [0.15, 0.2) is 0 Å². The van der Waals surface area contributed by atoms with Crippen LogP contribution in [-0.4, -0.2) is 24.8 Å². The molecule has 6 heteroatoms. The fourth-order valence-electron chi connectivity index (χ4n) is 2.89. The van der Waals surface area contributed by atoms with Crippen LogP contribution in [-0.2, 0) is 4.79 Å². The van der Waals surface area contributed by atoms with Crippen molar-refractivity contribution in [2.24, 2.45) is 5.10 Å². The Kier molecular flexibility index (Phi) is 5.99. The number of rotatable bonds is 6. The minimum atomic E-state index is -0.357. The number of hydrazone groups is 1. The Bertz CT molecular complexity index is 774. The zero-order valence-corrected chi connectivity index (χ0v) is 15.0. The molecule has 3 rings (SSSR count). The highest BCUT2D eigenvalue weighted by Crippen LogP contribution is 2.30. The first-order chi connectivity index (χ1) is 12.7. The van der Waals surface area contributed by atoms with Gasteiger partial charge in [0.25, 0.3) is 5.91 Å². The van der Waals surface area contributed by atoms with Crippen LogP contribution in [0.1, 0.15) is 36.1 Å². The molecule has 1 heterocycles. The molecule has 1 amide bonds. The topological polar surface area (TPSA) is 74.8 Å². The molecule has 0 spiro atoms. The van der Waals surface area contributed by atoms with Gasteiger partial charge in [-0.1, -0.05) is 48.0 Å². The molecule has 1 aliphatic rings. The summed E-state index contributed by atoms with van der Waals surface area (Å²) < 4.78 is 5.68.